The van der Waals surface area contributed by atoms with E-state index in [4.69, 9.17) is 37.4 Å². The van der Waals surface area contributed by atoms with Gasteiger partial charge in [0.2, 0.25) is 0 Å². The molecular weight excluding hydrogens is 562 g/mol. The number of hydrogen-bond acceptors (Lipinski definition) is 6. The summed E-state index contributed by atoms with van der Waals surface area (Å²) in [6.45, 7) is 2.39. The molecule has 208 valence electrons. The Morgan fingerprint density at radius 2 is 1.70 bits per heavy atom. The summed E-state index contributed by atoms with van der Waals surface area (Å²) in [4.78, 5) is 39.3. The van der Waals surface area contributed by atoms with Gasteiger partial charge in [0.1, 0.15) is 18.0 Å². The molecular formula is C29H25Cl2FN2O6. The van der Waals surface area contributed by atoms with Crippen LogP contribution in [0.15, 0.2) is 60.2 Å². The van der Waals surface area contributed by atoms with Crippen LogP contribution in [0, 0.1) is 5.82 Å². The summed E-state index contributed by atoms with van der Waals surface area (Å²) >= 11 is 12.7. The lowest BCUT2D eigenvalue weighted by atomic mass is 10.1. The van der Waals surface area contributed by atoms with Gasteiger partial charge in [-0.2, -0.15) is 0 Å². The first-order valence-corrected chi connectivity index (χ1v) is 13.0. The van der Waals surface area contributed by atoms with Gasteiger partial charge >= 0.3 is 6.03 Å². The zero-order chi connectivity index (χ0) is 28.8. The molecule has 8 nitrogen and oxygen atoms in total. The van der Waals surface area contributed by atoms with E-state index >= 15 is 0 Å². The molecule has 1 aliphatic heterocycles. The molecule has 0 bridgehead atoms. The summed E-state index contributed by atoms with van der Waals surface area (Å²) in [5.74, 6) is -0.905. The normalized spacial score (nSPS) is 14.4. The molecule has 1 N–H and O–H groups in total. The maximum Gasteiger partial charge on any atom is 0.331 e. The van der Waals surface area contributed by atoms with Crippen molar-refractivity contribution in [2.24, 2.45) is 0 Å². The van der Waals surface area contributed by atoms with E-state index in [1.165, 1.54) is 37.5 Å². The van der Waals surface area contributed by atoms with Crippen LogP contribution in [-0.2, 0) is 22.7 Å². The molecule has 0 aliphatic carbocycles. The van der Waals surface area contributed by atoms with Crippen molar-refractivity contribution in [1.29, 1.82) is 0 Å². The third-order valence-corrected chi connectivity index (χ3v) is 6.38. The van der Waals surface area contributed by atoms with Gasteiger partial charge in [0.05, 0.1) is 30.3 Å². The molecule has 4 amide bonds. The molecule has 0 aromatic heterocycles. The number of ether oxygens (including phenoxy) is 3. The van der Waals surface area contributed by atoms with Crippen LogP contribution in [0.4, 0.5) is 9.18 Å². The van der Waals surface area contributed by atoms with Crippen LogP contribution in [0.25, 0.3) is 6.08 Å². The number of benzene rings is 3. The van der Waals surface area contributed by atoms with Gasteiger partial charge in [-0.25, -0.2) is 9.18 Å². The molecule has 0 atom stereocenters. The average molecular weight is 587 g/mol. The average Bonchev–Trinajstić information content (AvgIpc) is 2.92. The molecule has 3 aromatic rings. The molecule has 1 fully saturated rings. The van der Waals surface area contributed by atoms with E-state index in [1.807, 2.05) is 6.92 Å². The Morgan fingerprint density at radius 3 is 2.38 bits per heavy atom. The highest BCUT2D eigenvalue weighted by Crippen LogP contribution is 2.36. The molecule has 0 saturated carbocycles. The van der Waals surface area contributed by atoms with Crippen LogP contribution in [-0.4, -0.2) is 36.5 Å². The zero-order valence-corrected chi connectivity index (χ0v) is 23.1. The van der Waals surface area contributed by atoms with E-state index in [-0.39, 0.29) is 34.5 Å². The van der Waals surface area contributed by atoms with Crippen LogP contribution in [0.2, 0.25) is 10.0 Å². The highest BCUT2D eigenvalue weighted by molar-refractivity contribution is 6.37. The predicted molar refractivity (Wildman–Crippen MR) is 148 cm³/mol. The van der Waals surface area contributed by atoms with Crippen molar-refractivity contribution >= 4 is 47.1 Å². The lowest BCUT2D eigenvalue weighted by molar-refractivity contribution is -0.130. The molecule has 0 radical (unpaired) electrons. The van der Waals surface area contributed by atoms with Crippen molar-refractivity contribution in [3.63, 3.8) is 0 Å². The highest BCUT2D eigenvalue weighted by Gasteiger charge is 2.36. The van der Waals surface area contributed by atoms with Crippen LogP contribution in [0.3, 0.4) is 0 Å². The van der Waals surface area contributed by atoms with Gasteiger partial charge in [-0.3, -0.25) is 19.8 Å². The number of imide groups is 2. The molecule has 4 rings (SSSR count). The van der Waals surface area contributed by atoms with Crippen molar-refractivity contribution in [3.8, 4) is 17.2 Å². The number of rotatable bonds is 10. The van der Waals surface area contributed by atoms with Gasteiger partial charge in [0.25, 0.3) is 11.8 Å². The number of amides is 4. The molecule has 1 heterocycles. The largest absolute Gasteiger partial charge is 0.493 e. The number of nitrogens with zero attached hydrogens (tertiary/aromatic N) is 1. The number of halogens is 3. The SMILES string of the molecule is CCCOc1ccc(CN2C(=O)NC(=O)/C(=C\c3cc(Cl)c(OCc4cccc(F)c4)c(Cl)c3)C2=O)cc1OC. The fraction of sp³-hybridized carbons (Fsp3) is 0.207. The lowest BCUT2D eigenvalue weighted by Crippen LogP contribution is -2.53. The minimum atomic E-state index is -0.856. The van der Waals surface area contributed by atoms with Crippen molar-refractivity contribution in [2.45, 2.75) is 26.5 Å². The Labute approximate surface area is 240 Å². The first-order chi connectivity index (χ1) is 19.2. The second-order valence-electron chi connectivity index (χ2n) is 8.77. The third-order valence-electron chi connectivity index (χ3n) is 5.82. The Hall–Kier alpha value is -4.08. The van der Waals surface area contributed by atoms with Crippen LogP contribution < -0.4 is 19.5 Å². The zero-order valence-electron chi connectivity index (χ0n) is 21.6. The van der Waals surface area contributed by atoms with Gasteiger partial charge in [-0.05, 0) is 65.6 Å². The number of barbiturate groups is 1. The molecule has 0 spiro atoms. The minimum Gasteiger partial charge on any atom is -0.493 e. The maximum absolute atomic E-state index is 13.4. The highest BCUT2D eigenvalue weighted by atomic mass is 35.5. The predicted octanol–water partition coefficient (Wildman–Crippen LogP) is 6.17. The number of carbonyl (C=O) groups is 3. The Bertz CT molecular complexity index is 1470. The maximum atomic E-state index is 13.4. The Kier molecular flexibility index (Phi) is 9.29. The van der Waals surface area contributed by atoms with Crippen molar-refractivity contribution in [3.05, 3.63) is 92.7 Å². The van der Waals surface area contributed by atoms with Crippen molar-refractivity contribution in [2.75, 3.05) is 13.7 Å². The minimum absolute atomic E-state index is 0.0199. The molecule has 3 aromatic carbocycles. The van der Waals surface area contributed by atoms with E-state index in [0.717, 1.165) is 11.3 Å². The van der Waals surface area contributed by atoms with Gasteiger partial charge in [-0.1, -0.05) is 48.3 Å². The van der Waals surface area contributed by atoms with E-state index in [0.29, 0.717) is 34.8 Å². The molecule has 11 heteroatoms. The molecule has 1 saturated heterocycles. The first kappa shape index (κ1) is 28.9. The monoisotopic (exact) mass is 586 g/mol. The van der Waals surface area contributed by atoms with Crippen molar-refractivity contribution in [1.82, 2.24) is 10.2 Å². The lowest BCUT2D eigenvalue weighted by Gasteiger charge is -2.26. The van der Waals surface area contributed by atoms with Gasteiger partial charge in [-0.15, -0.1) is 0 Å². The Morgan fingerprint density at radius 1 is 0.950 bits per heavy atom. The topological polar surface area (TPSA) is 94.2 Å². The van der Waals surface area contributed by atoms with Crippen LogP contribution in [0.5, 0.6) is 17.2 Å². The molecule has 0 unspecified atom stereocenters. The molecule has 1 aliphatic rings. The van der Waals surface area contributed by atoms with E-state index in [2.05, 4.69) is 5.32 Å². The second-order valence-corrected chi connectivity index (χ2v) is 9.59. The summed E-state index contributed by atoms with van der Waals surface area (Å²) in [5.41, 5.74) is 1.21. The molecule has 40 heavy (non-hydrogen) atoms. The van der Waals surface area contributed by atoms with Gasteiger partial charge in [0, 0.05) is 0 Å². The summed E-state index contributed by atoms with van der Waals surface area (Å²) in [5, 5.41) is 2.41. The summed E-state index contributed by atoms with van der Waals surface area (Å²) in [7, 11) is 1.49. The van der Waals surface area contributed by atoms with Gasteiger partial charge in [0.15, 0.2) is 17.2 Å². The standard InChI is InChI=1S/C29H25Cl2FN2O6/c1-3-9-39-24-8-7-17(14-25(24)38-2)15-34-28(36)21(27(35)33-29(34)37)11-19-12-22(30)26(23(31)13-19)40-16-18-5-4-6-20(32)10-18/h4-8,10-14H,3,9,15-16H2,1-2H3,(H,33,35,37)/b21-11+. The second kappa shape index (κ2) is 12.8. The number of nitrogens with one attached hydrogen (secondary N) is 1. The number of hydrogen-bond donors (Lipinski definition) is 1. The fourth-order valence-electron chi connectivity index (χ4n) is 3.91. The van der Waals surface area contributed by atoms with E-state index < -0.39 is 23.7 Å². The Balaban J connectivity index is 1.54. The van der Waals surface area contributed by atoms with E-state index in [1.54, 1.807) is 30.3 Å². The number of carbonyl (C=O) groups excluding carboxylic acids is 3. The van der Waals surface area contributed by atoms with E-state index in [9.17, 15) is 18.8 Å². The fourth-order valence-corrected chi connectivity index (χ4v) is 4.52. The summed E-state index contributed by atoms with van der Waals surface area (Å²) < 4.78 is 30.1. The number of urea groups is 1. The van der Waals surface area contributed by atoms with Gasteiger partial charge < -0.3 is 14.2 Å². The van der Waals surface area contributed by atoms with Crippen molar-refractivity contribution < 1.29 is 33.0 Å². The third kappa shape index (κ3) is 6.73. The smallest absolute Gasteiger partial charge is 0.331 e. The van der Waals surface area contributed by atoms with Crippen LogP contribution >= 0.6 is 23.2 Å². The quantitative estimate of drug-likeness (QED) is 0.225. The summed E-state index contributed by atoms with van der Waals surface area (Å²) in [6.07, 6.45) is 2.10. The first-order valence-electron chi connectivity index (χ1n) is 12.2. The van der Waals surface area contributed by atoms with Crippen LogP contribution in [0.1, 0.15) is 30.0 Å². The number of methoxy groups -OCH3 is 1. The summed E-state index contributed by atoms with van der Waals surface area (Å²) in [6, 6.07) is 13.0.